The molecule has 3 nitrogen and oxygen atoms in total. The van der Waals surface area contributed by atoms with Crippen LogP contribution in [0.2, 0.25) is 0 Å². The molecular formula is C16H20ClNO2. The van der Waals surface area contributed by atoms with Gasteiger partial charge in [0.05, 0.1) is 13.2 Å². The molecule has 2 N–H and O–H groups in total. The topological polar surface area (TPSA) is 41.5 Å². The van der Waals surface area contributed by atoms with Crippen molar-refractivity contribution in [2.24, 2.45) is 0 Å². The molecule has 0 bridgehead atoms. The standard InChI is InChI=1S/C16H19NO2.ClH/c1-19-16-10-6-5-9-14(16)11-17-12-15(18)13-7-3-2-4-8-13;/h2-10,15,17-18H,11-12H2,1H3;1H. The number of nitrogens with one attached hydrogen (secondary N) is 1. The number of aliphatic hydroxyl groups excluding tert-OH is 1. The Balaban J connectivity index is 0.00000200. The minimum atomic E-state index is -0.490. The predicted octanol–water partition coefficient (Wildman–Crippen LogP) is 2.94. The number of rotatable bonds is 6. The molecule has 0 radical (unpaired) electrons. The Morgan fingerprint density at radius 2 is 1.70 bits per heavy atom. The van der Waals surface area contributed by atoms with Crippen molar-refractivity contribution < 1.29 is 9.84 Å². The molecule has 108 valence electrons. The van der Waals surface area contributed by atoms with Gasteiger partial charge < -0.3 is 15.2 Å². The van der Waals surface area contributed by atoms with Gasteiger partial charge in [-0.25, -0.2) is 0 Å². The fraction of sp³-hybridized carbons (Fsp3) is 0.250. The minimum Gasteiger partial charge on any atom is -0.496 e. The summed E-state index contributed by atoms with van der Waals surface area (Å²) in [6.07, 6.45) is -0.490. The van der Waals surface area contributed by atoms with E-state index in [1.54, 1.807) is 7.11 Å². The second-order valence-electron chi connectivity index (χ2n) is 4.37. The number of benzene rings is 2. The second kappa shape index (κ2) is 8.59. The van der Waals surface area contributed by atoms with Gasteiger partial charge in [0.25, 0.3) is 0 Å². The summed E-state index contributed by atoms with van der Waals surface area (Å²) in [5, 5.41) is 13.3. The summed E-state index contributed by atoms with van der Waals surface area (Å²) < 4.78 is 5.28. The highest BCUT2D eigenvalue weighted by Crippen LogP contribution is 2.17. The Labute approximate surface area is 126 Å². The largest absolute Gasteiger partial charge is 0.496 e. The zero-order chi connectivity index (χ0) is 13.5. The van der Waals surface area contributed by atoms with Crippen LogP contribution in [-0.4, -0.2) is 18.8 Å². The van der Waals surface area contributed by atoms with E-state index in [9.17, 15) is 5.11 Å². The number of para-hydroxylation sites is 1. The third-order valence-corrected chi connectivity index (χ3v) is 3.03. The molecule has 0 saturated carbocycles. The van der Waals surface area contributed by atoms with Crippen LogP contribution in [0.5, 0.6) is 5.75 Å². The lowest BCUT2D eigenvalue weighted by molar-refractivity contribution is 0.174. The number of hydrogen-bond acceptors (Lipinski definition) is 3. The SMILES string of the molecule is COc1ccccc1CNCC(O)c1ccccc1.Cl. The lowest BCUT2D eigenvalue weighted by Crippen LogP contribution is -2.21. The smallest absolute Gasteiger partial charge is 0.123 e. The fourth-order valence-corrected chi connectivity index (χ4v) is 1.99. The summed E-state index contributed by atoms with van der Waals surface area (Å²) in [6, 6.07) is 17.5. The van der Waals surface area contributed by atoms with E-state index in [0.717, 1.165) is 16.9 Å². The van der Waals surface area contributed by atoms with E-state index in [1.165, 1.54) is 0 Å². The van der Waals surface area contributed by atoms with Gasteiger partial charge in [0.2, 0.25) is 0 Å². The summed E-state index contributed by atoms with van der Waals surface area (Å²) >= 11 is 0. The molecule has 2 aromatic carbocycles. The van der Waals surface area contributed by atoms with Gasteiger partial charge in [0.1, 0.15) is 5.75 Å². The van der Waals surface area contributed by atoms with Crippen molar-refractivity contribution in [2.75, 3.05) is 13.7 Å². The molecular weight excluding hydrogens is 274 g/mol. The Morgan fingerprint density at radius 1 is 1.05 bits per heavy atom. The molecule has 0 spiro atoms. The van der Waals surface area contributed by atoms with Crippen molar-refractivity contribution in [3.63, 3.8) is 0 Å². The van der Waals surface area contributed by atoms with Gasteiger partial charge in [-0.2, -0.15) is 0 Å². The van der Waals surface area contributed by atoms with Crippen LogP contribution in [0, 0.1) is 0 Å². The van der Waals surface area contributed by atoms with E-state index in [0.29, 0.717) is 13.1 Å². The molecule has 20 heavy (non-hydrogen) atoms. The van der Waals surface area contributed by atoms with Gasteiger partial charge in [-0.3, -0.25) is 0 Å². The van der Waals surface area contributed by atoms with E-state index >= 15 is 0 Å². The zero-order valence-corrected chi connectivity index (χ0v) is 12.3. The molecule has 1 atom stereocenters. The van der Waals surface area contributed by atoms with Crippen molar-refractivity contribution >= 4 is 12.4 Å². The molecule has 0 heterocycles. The number of methoxy groups -OCH3 is 1. The van der Waals surface area contributed by atoms with Gasteiger partial charge in [-0.05, 0) is 11.6 Å². The fourth-order valence-electron chi connectivity index (χ4n) is 1.99. The maximum atomic E-state index is 10.0. The van der Waals surface area contributed by atoms with Crippen LogP contribution in [0.1, 0.15) is 17.2 Å². The number of ether oxygens (including phenoxy) is 1. The lowest BCUT2D eigenvalue weighted by atomic mass is 10.1. The van der Waals surface area contributed by atoms with E-state index in [-0.39, 0.29) is 12.4 Å². The maximum Gasteiger partial charge on any atom is 0.123 e. The van der Waals surface area contributed by atoms with Crippen LogP contribution in [-0.2, 0) is 6.54 Å². The molecule has 0 aromatic heterocycles. The van der Waals surface area contributed by atoms with E-state index < -0.39 is 6.10 Å². The molecule has 0 fully saturated rings. The first-order valence-corrected chi connectivity index (χ1v) is 6.37. The minimum absolute atomic E-state index is 0. The van der Waals surface area contributed by atoms with Crippen LogP contribution in [0.3, 0.4) is 0 Å². The second-order valence-corrected chi connectivity index (χ2v) is 4.37. The predicted molar refractivity (Wildman–Crippen MR) is 83.4 cm³/mol. The highest BCUT2D eigenvalue weighted by molar-refractivity contribution is 5.85. The molecule has 0 aliphatic carbocycles. The Morgan fingerprint density at radius 3 is 2.40 bits per heavy atom. The third-order valence-electron chi connectivity index (χ3n) is 3.03. The normalized spacial score (nSPS) is 11.5. The highest BCUT2D eigenvalue weighted by Gasteiger charge is 2.07. The highest BCUT2D eigenvalue weighted by atomic mass is 35.5. The molecule has 1 unspecified atom stereocenters. The van der Waals surface area contributed by atoms with Crippen molar-refractivity contribution in [1.82, 2.24) is 5.32 Å². The van der Waals surface area contributed by atoms with E-state index in [2.05, 4.69) is 5.32 Å². The van der Waals surface area contributed by atoms with Crippen molar-refractivity contribution in [1.29, 1.82) is 0 Å². The number of hydrogen-bond donors (Lipinski definition) is 2. The first kappa shape index (κ1) is 16.5. The Hall–Kier alpha value is -1.55. The molecule has 4 heteroatoms. The summed E-state index contributed by atoms with van der Waals surface area (Å²) in [5.74, 6) is 0.865. The van der Waals surface area contributed by atoms with Crippen LogP contribution < -0.4 is 10.1 Å². The maximum absolute atomic E-state index is 10.0. The molecule has 2 rings (SSSR count). The third kappa shape index (κ3) is 4.53. The zero-order valence-electron chi connectivity index (χ0n) is 11.5. The van der Waals surface area contributed by atoms with Gasteiger partial charge in [-0.15, -0.1) is 12.4 Å². The Bertz CT molecular complexity index is 505. The quantitative estimate of drug-likeness (QED) is 0.860. The molecule has 0 amide bonds. The van der Waals surface area contributed by atoms with Crippen LogP contribution in [0.4, 0.5) is 0 Å². The lowest BCUT2D eigenvalue weighted by Gasteiger charge is -2.13. The van der Waals surface area contributed by atoms with Gasteiger partial charge >= 0.3 is 0 Å². The van der Waals surface area contributed by atoms with Gasteiger partial charge in [0, 0.05) is 18.7 Å². The number of aliphatic hydroxyl groups is 1. The Kier molecular flexibility index (Phi) is 7.09. The van der Waals surface area contributed by atoms with E-state index in [4.69, 9.17) is 4.74 Å². The monoisotopic (exact) mass is 293 g/mol. The van der Waals surface area contributed by atoms with Gasteiger partial charge in [-0.1, -0.05) is 48.5 Å². The van der Waals surface area contributed by atoms with E-state index in [1.807, 2.05) is 54.6 Å². The first-order valence-electron chi connectivity index (χ1n) is 6.37. The van der Waals surface area contributed by atoms with Crippen LogP contribution >= 0.6 is 12.4 Å². The van der Waals surface area contributed by atoms with Crippen molar-refractivity contribution in [2.45, 2.75) is 12.6 Å². The summed E-state index contributed by atoms with van der Waals surface area (Å²) in [4.78, 5) is 0. The van der Waals surface area contributed by atoms with Crippen LogP contribution in [0.15, 0.2) is 54.6 Å². The molecule has 2 aromatic rings. The summed E-state index contributed by atoms with van der Waals surface area (Å²) in [7, 11) is 1.66. The number of halogens is 1. The van der Waals surface area contributed by atoms with Gasteiger partial charge in [0.15, 0.2) is 0 Å². The first-order chi connectivity index (χ1) is 9.31. The van der Waals surface area contributed by atoms with Crippen molar-refractivity contribution in [3.8, 4) is 5.75 Å². The average Bonchev–Trinajstić information content (AvgIpc) is 2.48. The molecule has 0 aliphatic heterocycles. The molecule has 0 aliphatic rings. The average molecular weight is 294 g/mol. The summed E-state index contributed by atoms with van der Waals surface area (Å²) in [6.45, 7) is 1.19. The van der Waals surface area contributed by atoms with Crippen molar-refractivity contribution in [3.05, 3.63) is 65.7 Å². The molecule has 0 saturated heterocycles. The van der Waals surface area contributed by atoms with Crippen LogP contribution in [0.25, 0.3) is 0 Å². The summed E-state index contributed by atoms with van der Waals surface area (Å²) in [5.41, 5.74) is 2.01.